The van der Waals surface area contributed by atoms with Gasteiger partial charge in [0, 0.05) is 5.56 Å². The number of carbonyl (C=O) groups is 1. The van der Waals surface area contributed by atoms with Gasteiger partial charge in [-0.2, -0.15) is 0 Å². The molecule has 0 aliphatic rings. The van der Waals surface area contributed by atoms with Gasteiger partial charge in [0.05, 0.1) is 17.5 Å². The summed E-state index contributed by atoms with van der Waals surface area (Å²) < 4.78 is 35.7. The number of benzene rings is 2. The number of sulfonamides is 1. The third kappa shape index (κ3) is 4.48. The molecule has 1 N–H and O–H groups in total. The van der Waals surface area contributed by atoms with Crippen LogP contribution in [0.2, 0.25) is 0 Å². The van der Waals surface area contributed by atoms with Crippen LogP contribution in [0, 0.1) is 0 Å². The number of para-hydroxylation sites is 1. The van der Waals surface area contributed by atoms with E-state index in [2.05, 4.69) is 9.71 Å². The van der Waals surface area contributed by atoms with Crippen molar-refractivity contribution < 1.29 is 22.4 Å². The molecule has 0 saturated heterocycles. The molecule has 0 aliphatic carbocycles. The third-order valence-electron chi connectivity index (χ3n) is 3.37. The Morgan fingerprint density at radius 2 is 1.81 bits per heavy atom. The van der Waals surface area contributed by atoms with Gasteiger partial charge in [-0.15, -0.1) is 0 Å². The van der Waals surface area contributed by atoms with Crippen molar-refractivity contribution in [2.24, 2.45) is 0 Å². The summed E-state index contributed by atoms with van der Waals surface area (Å²) in [5.74, 6) is -0.239. The number of aromatic nitrogens is 1. The van der Waals surface area contributed by atoms with Crippen LogP contribution in [0.5, 0.6) is 0 Å². The molecule has 26 heavy (non-hydrogen) atoms. The van der Waals surface area contributed by atoms with Crippen LogP contribution in [0.25, 0.3) is 11.5 Å². The van der Waals surface area contributed by atoms with Gasteiger partial charge in [-0.1, -0.05) is 30.3 Å². The summed E-state index contributed by atoms with van der Waals surface area (Å²) in [5, 5.41) is 0. The highest BCUT2D eigenvalue weighted by molar-refractivity contribution is 7.92. The number of nitrogens with zero attached hydrogens (tertiary/aromatic N) is 1. The Morgan fingerprint density at radius 1 is 1.12 bits per heavy atom. The van der Waals surface area contributed by atoms with E-state index in [1.165, 1.54) is 18.4 Å². The van der Waals surface area contributed by atoms with Crippen LogP contribution in [0.4, 0.5) is 5.69 Å². The number of hydrogen-bond acceptors (Lipinski definition) is 6. The lowest BCUT2D eigenvalue weighted by Gasteiger charge is -2.09. The first kappa shape index (κ1) is 17.7. The summed E-state index contributed by atoms with van der Waals surface area (Å²) in [7, 11) is -3.51. The summed E-state index contributed by atoms with van der Waals surface area (Å²) in [6.07, 6.45) is 2.42. The van der Waals surface area contributed by atoms with Crippen LogP contribution in [-0.2, 0) is 21.4 Å². The van der Waals surface area contributed by atoms with E-state index < -0.39 is 16.0 Å². The number of esters is 1. The van der Waals surface area contributed by atoms with Crippen LogP contribution < -0.4 is 4.72 Å². The normalized spacial score (nSPS) is 11.1. The van der Waals surface area contributed by atoms with Crippen LogP contribution in [-0.4, -0.2) is 25.6 Å². The first-order chi connectivity index (χ1) is 12.4. The predicted octanol–water partition coefficient (Wildman–Crippen LogP) is 3.07. The van der Waals surface area contributed by atoms with E-state index in [0.29, 0.717) is 11.6 Å². The lowest BCUT2D eigenvalue weighted by Crippen LogP contribution is -2.14. The number of rotatable bonds is 6. The molecule has 0 spiro atoms. The standard InChI is InChI=1S/C18H16N2O5S/c1-26(22,23)20-16-10-6-5-9-15(16)18(21)25-12-14-11-24-17(19-14)13-7-3-2-4-8-13/h2-11,20H,12H2,1H3. The molecule has 0 amide bonds. The smallest absolute Gasteiger partial charge is 0.340 e. The maximum Gasteiger partial charge on any atom is 0.340 e. The van der Waals surface area contributed by atoms with E-state index in [4.69, 9.17) is 9.15 Å². The maximum atomic E-state index is 12.3. The minimum Gasteiger partial charge on any atom is -0.455 e. The highest BCUT2D eigenvalue weighted by atomic mass is 32.2. The van der Waals surface area contributed by atoms with E-state index in [-0.39, 0.29) is 17.9 Å². The van der Waals surface area contributed by atoms with Gasteiger partial charge in [0.25, 0.3) is 0 Å². The topological polar surface area (TPSA) is 98.5 Å². The minimum absolute atomic E-state index is 0.0949. The largest absolute Gasteiger partial charge is 0.455 e. The number of anilines is 1. The molecule has 0 saturated carbocycles. The Hall–Kier alpha value is -3.13. The van der Waals surface area contributed by atoms with E-state index in [9.17, 15) is 13.2 Å². The fourth-order valence-electron chi connectivity index (χ4n) is 2.25. The van der Waals surface area contributed by atoms with E-state index >= 15 is 0 Å². The summed E-state index contributed by atoms with van der Waals surface area (Å²) in [6.45, 7) is -0.0949. The van der Waals surface area contributed by atoms with Crippen molar-refractivity contribution in [2.45, 2.75) is 6.61 Å². The van der Waals surface area contributed by atoms with Crippen molar-refractivity contribution in [1.29, 1.82) is 0 Å². The van der Waals surface area contributed by atoms with Gasteiger partial charge >= 0.3 is 5.97 Å². The average Bonchev–Trinajstić information content (AvgIpc) is 3.08. The van der Waals surface area contributed by atoms with E-state index in [1.54, 1.807) is 12.1 Å². The van der Waals surface area contributed by atoms with E-state index in [0.717, 1.165) is 11.8 Å². The van der Waals surface area contributed by atoms with Crippen LogP contribution >= 0.6 is 0 Å². The summed E-state index contributed by atoms with van der Waals surface area (Å²) in [6, 6.07) is 15.5. The van der Waals surface area contributed by atoms with Crippen LogP contribution in [0.15, 0.2) is 65.3 Å². The van der Waals surface area contributed by atoms with Gasteiger partial charge in [-0.25, -0.2) is 18.2 Å². The molecule has 3 rings (SSSR count). The number of ether oxygens (including phenoxy) is 1. The number of oxazole rings is 1. The van der Waals surface area contributed by atoms with Gasteiger partial charge < -0.3 is 9.15 Å². The zero-order valence-corrected chi connectivity index (χ0v) is 14.7. The molecule has 1 heterocycles. The molecule has 0 bridgehead atoms. The van der Waals surface area contributed by atoms with Crippen molar-refractivity contribution in [3.8, 4) is 11.5 Å². The molecule has 0 unspecified atom stereocenters. The van der Waals surface area contributed by atoms with Crippen LogP contribution in [0.3, 0.4) is 0 Å². The summed E-state index contributed by atoms with van der Waals surface area (Å²) in [4.78, 5) is 16.6. The van der Waals surface area contributed by atoms with Crippen molar-refractivity contribution in [1.82, 2.24) is 4.98 Å². The summed E-state index contributed by atoms with van der Waals surface area (Å²) >= 11 is 0. The molecular formula is C18H16N2O5S. The predicted molar refractivity (Wildman–Crippen MR) is 96.0 cm³/mol. The van der Waals surface area contributed by atoms with Crippen LogP contribution in [0.1, 0.15) is 16.1 Å². The SMILES string of the molecule is CS(=O)(=O)Nc1ccccc1C(=O)OCc1coc(-c2ccccc2)n1. The van der Waals surface area contributed by atoms with Gasteiger partial charge in [-0.05, 0) is 24.3 Å². The Balaban J connectivity index is 1.69. The number of carbonyl (C=O) groups excluding carboxylic acids is 1. The first-order valence-corrected chi connectivity index (χ1v) is 9.55. The van der Waals surface area contributed by atoms with Crippen molar-refractivity contribution in [3.05, 3.63) is 72.1 Å². The van der Waals surface area contributed by atoms with Gasteiger partial charge in [0.2, 0.25) is 15.9 Å². The van der Waals surface area contributed by atoms with E-state index in [1.807, 2.05) is 30.3 Å². The minimum atomic E-state index is -3.51. The molecule has 0 fully saturated rings. The zero-order chi connectivity index (χ0) is 18.6. The fraction of sp³-hybridized carbons (Fsp3) is 0.111. The van der Waals surface area contributed by atoms with Gasteiger partial charge in [0.15, 0.2) is 0 Å². The molecule has 0 atom stereocenters. The number of hydrogen-bond donors (Lipinski definition) is 1. The first-order valence-electron chi connectivity index (χ1n) is 7.66. The van der Waals surface area contributed by atoms with Gasteiger partial charge in [0.1, 0.15) is 18.6 Å². The fourth-order valence-corrected chi connectivity index (χ4v) is 2.83. The average molecular weight is 372 g/mol. The Bertz CT molecular complexity index is 1010. The highest BCUT2D eigenvalue weighted by Gasteiger charge is 2.16. The van der Waals surface area contributed by atoms with Crippen molar-refractivity contribution >= 4 is 21.7 Å². The second-order valence-corrected chi connectivity index (χ2v) is 7.25. The molecule has 0 aliphatic heterocycles. The lowest BCUT2D eigenvalue weighted by molar-refractivity contribution is 0.0469. The maximum absolute atomic E-state index is 12.3. The molecule has 2 aromatic carbocycles. The monoisotopic (exact) mass is 372 g/mol. The molecule has 8 heteroatoms. The Morgan fingerprint density at radius 3 is 2.54 bits per heavy atom. The van der Waals surface area contributed by atoms with Crippen molar-refractivity contribution in [2.75, 3.05) is 11.0 Å². The molecule has 3 aromatic rings. The number of nitrogens with one attached hydrogen (secondary N) is 1. The molecule has 0 radical (unpaired) electrons. The quantitative estimate of drug-likeness (QED) is 0.668. The van der Waals surface area contributed by atoms with Crippen molar-refractivity contribution in [3.63, 3.8) is 0 Å². The molecule has 7 nitrogen and oxygen atoms in total. The lowest BCUT2D eigenvalue weighted by atomic mass is 10.2. The zero-order valence-electron chi connectivity index (χ0n) is 13.9. The Labute approximate surface area is 150 Å². The third-order valence-corrected chi connectivity index (χ3v) is 3.96. The second kappa shape index (κ2) is 7.40. The second-order valence-electron chi connectivity index (χ2n) is 5.51. The molecule has 1 aromatic heterocycles. The summed E-state index contributed by atoms with van der Waals surface area (Å²) in [5.41, 5.74) is 1.54. The highest BCUT2D eigenvalue weighted by Crippen LogP contribution is 2.20. The Kier molecular flexibility index (Phi) is 5.04. The molecule has 134 valence electrons. The molecular weight excluding hydrogens is 356 g/mol. The van der Waals surface area contributed by atoms with Gasteiger partial charge in [-0.3, -0.25) is 4.72 Å².